The lowest BCUT2D eigenvalue weighted by Gasteiger charge is -2.09. The minimum atomic E-state index is -3.01. The standard InChI is InChI=1S/C15H20N2O5S/c1-2-21-14-5-3-12(4-6-14)9-16-22-10-15(18)17-13-7-8-23(19,20)11-13/h3-6,9,13H,2,7-8,10-11H2,1H3,(H,17,18)/b16-9-/t13-/m1/s1. The first-order valence-corrected chi connectivity index (χ1v) is 9.18. The summed E-state index contributed by atoms with van der Waals surface area (Å²) < 4.78 is 27.9. The van der Waals surface area contributed by atoms with Crippen LogP contribution in [-0.4, -0.2) is 51.3 Å². The molecule has 1 fully saturated rings. The van der Waals surface area contributed by atoms with E-state index in [0.29, 0.717) is 13.0 Å². The molecule has 0 radical (unpaired) electrons. The molecule has 0 aromatic heterocycles. The number of amides is 1. The van der Waals surface area contributed by atoms with Crippen molar-refractivity contribution in [3.63, 3.8) is 0 Å². The van der Waals surface area contributed by atoms with Crippen molar-refractivity contribution in [2.75, 3.05) is 24.7 Å². The van der Waals surface area contributed by atoms with Crippen molar-refractivity contribution in [3.05, 3.63) is 29.8 Å². The van der Waals surface area contributed by atoms with Crippen LogP contribution < -0.4 is 10.1 Å². The maximum Gasteiger partial charge on any atom is 0.261 e. The topological polar surface area (TPSA) is 94.1 Å². The minimum absolute atomic E-state index is 0.00577. The Balaban J connectivity index is 1.70. The number of carbonyl (C=O) groups is 1. The zero-order valence-electron chi connectivity index (χ0n) is 12.9. The molecule has 1 N–H and O–H groups in total. The van der Waals surface area contributed by atoms with Gasteiger partial charge in [-0.15, -0.1) is 0 Å². The molecule has 23 heavy (non-hydrogen) atoms. The average molecular weight is 340 g/mol. The van der Waals surface area contributed by atoms with Crippen LogP contribution in [0.1, 0.15) is 18.9 Å². The normalized spacial score (nSPS) is 19.6. The van der Waals surface area contributed by atoms with Crippen molar-refractivity contribution in [1.29, 1.82) is 0 Å². The Morgan fingerprint density at radius 2 is 2.13 bits per heavy atom. The highest BCUT2D eigenvalue weighted by molar-refractivity contribution is 7.91. The van der Waals surface area contributed by atoms with E-state index < -0.39 is 9.84 Å². The molecule has 1 aromatic rings. The smallest absolute Gasteiger partial charge is 0.261 e. The Bertz CT molecular complexity index is 655. The van der Waals surface area contributed by atoms with Crippen LogP contribution in [0.3, 0.4) is 0 Å². The van der Waals surface area contributed by atoms with Crippen LogP contribution >= 0.6 is 0 Å². The lowest BCUT2D eigenvalue weighted by atomic mass is 10.2. The van der Waals surface area contributed by atoms with Gasteiger partial charge in [0.15, 0.2) is 16.4 Å². The molecule has 126 valence electrons. The summed E-state index contributed by atoms with van der Waals surface area (Å²) in [4.78, 5) is 16.5. The number of sulfone groups is 1. The van der Waals surface area contributed by atoms with Crippen LogP contribution in [0, 0.1) is 0 Å². The zero-order chi connectivity index (χ0) is 16.7. The third-order valence-electron chi connectivity index (χ3n) is 3.26. The molecule has 1 aliphatic heterocycles. The van der Waals surface area contributed by atoms with Crippen molar-refractivity contribution >= 4 is 22.0 Å². The summed E-state index contributed by atoms with van der Waals surface area (Å²) in [6.45, 7) is 2.27. The van der Waals surface area contributed by atoms with Gasteiger partial charge in [0.1, 0.15) is 5.75 Å². The van der Waals surface area contributed by atoms with Gasteiger partial charge in [0.05, 0.1) is 24.3 Å². The molecule has 1 heterocycles. The van der Waals surface area contributed by atoms with Crippen LogP contribution in [0.4, 0.5) is 0 Å². The fraction of sp³-hybridized carbons (Fsp3) is 0.467. The quantitative estimate of drug-likeness (QED) is 0.583. The molecular weight excluding hydrogens is 320 g/mol. The van der Waals surface area contributed by atoms with Crippen LogP contribution in [0.15, 0.2) is 29.4 Å². The van der Waals surface area contributed by atoms with Gasteiger partial charge >= 0.3 is 0 Å². The SMILES string of the molecule is CCOc1ccc(/C=N\OCC(=O)N[C@@H]2CCS(=O)(=O)C2)cc1. The molecule has 0 saturated carbocycles. The molecule has 0 spiro atoms. The number of oxime groups is 1. The van der Waals surface area contributed by atoms with E-state index in [1.54, 1.807) is 0 Å². The number of nitrogens with one attached hydrogen (secondary N) is 1. The first-order valence-electron chi connectivity index (χ1n) is 7.36. The number of benzene rings is 1. The van der Waals surface area contributed by atoms with E-state index in [9.17, 15) is 13.2 Å². The summed E-state index contributed by atoms with van der Waals surface area (Å²) in [5.74, 6) is 0.510. The Hall–Kier alpha value is -2.09. The summed E-state index contributed by atoms with van der Waals surface area (Å²) >= 11 is 0. The molecule has 0 bridgehead atoms. The van der Waals surface area contributed by atoms with Crippen LogP contribution in [0.5, 0.6) is 5.75 Å². The third kappa shape index (κ3) is 5.90. The van der Waals surface area contributed by atoms with Crippen LogP contribution in [-0.2, 0) is 19.5 Å². The molecule has 0 aliphatic carbocycles. The Morgan fingerprint density at radius 1 is 1.39 bits per heavy atom. The van der Waals surface area contributed by atoms with Crippen molar-refractivity contribution in [3.8, 4) is 5.75 Å². The second-order valence-electron chi connectivity index (χ2n) is 5.18. The van der Waals surface area contributed by atoms with Gasteiger partial charge in [0.2, 0.25) is 0 Å². The Labute approximate surface area is 135 Å². The molecule has 1 saturated heterocycles. The summed E-state index contributed by atoms with van der Waals surface area (Å²) in [5.41, 5.74) is 0.816. The average Bonchev–Trinajstić information content (AvgIpc) is 2.84. The van der Waals surface area contributed by atoms with Crippen molar-refractivity contribution in [1.82, 2.24) is 5.32 Å². The Morgan fingerprint density at radius 3 is 2.74 bits per heavy atom. The fourth-order valence-electron chi connectivity index (χ4n) is 2.19. The van der Waals surface area contributed by atoms with E-state index in [2.05, 4.69) is 10.5 Å². The van der Waals surface area contributed by atoms with Crippen LogP contribution in [0.2, 0.25) is 0 Å². The highest BCUT2D eigenvalue weighted by Crippen LogP contribution is 2.11. The van der Waals surface area contributed by atoms with E-state index in [4.69, 9.17) is 9.57 Å². The lowest BCUT2D eigenvalue weighted by molar-refractivity contribution is -0.126. The monoisotopic (exact) mass is 340 g/mol. The molecule has 1 aromatic carbocycles. The lowest BCUT2D eigenvalue weighted by Crippen LogP contribution is -2.37. The second kappa shape index (κ2) is 7.96. The molecule has 1 amide bonds. The van der Waals surface area contributed by atoms with Crippen molar-refractivity contribution in [2.45, 2.75) is 19.4 Å². The van der Waals surface area contributed by atoms with E-state index in [0.717, 1.165) is 11.3 Å². The van der Waals surface area contributed by atoms with E-state index in [1.807, 2.05) is 31.2 Å². The predicted molar refractivity (Wildman–Crippen MR) is 86.4 cm³/mol. The van der Waals surface area contributed by atoms with Gasteiger partial charge in [-0.25, -0.2) is 8.42 Å². The highest BCUT2D eigenvalue weighted by atomic mass is 32.2. The number of hydrogen-bond acceptors (Lipinski definition) is 6. The maximum atomic E-state index is 11.6. The minimum Gasteiger partial charge on any atom is -0.494 e. The summed E-state index contributed by atoms with van der Waals surface area (Å²) in [6.07, 6.45) is 1.94. The van der Waals surface area contributed by atoms with Gasteiger partial charge < -0.3 is 14.9 Å². The molecule has 7 nitrogen and oxygen atoms in total. The number of hydrogen-bond donors (Lipinski definition) is 1. The van der Waals surface area contributed by atoms with Gasteiger partial charge in [-0.2, -0.15) is 0 Å². The van der Waals surface area contributed by atoms with E-state index in [-0.39, 0.29) is 30.1 Å². The number of carbonyl (C=O) groups excluding carboxylic acids is 1. The molecule has 8 heteroatoms. The van der Waals surface area contributed by atoms with Crippen molar-refractivity contribution in [2.24, 2.45) is 5.16 Å². The molecule has 0 unspecified atom stereocenters. The van der Waals surface area contributed by atoms with Gasteiger partial charge in [-0.1, -0.05) is 5.16 Å². The first kappa shape index (κ1) is 17.3. The zero-order valence-corrected chi connectivity index (χ0v) is 13.7. The second-order valence-corrected chi connectivity index (χ2v) is 7.41. The van der Waals surface area contributed by atoms with Gasteiger partial charge in [0, 0.05) is 6.04 Å². The van der Waals surface area contributed by atoms with Gasteiger partial charge in [-0.3, -0.25) is 4.79 Å². The molecule has 1 aliphatic rings. The number of nitrogens with zero attached hydrogens (tertiary/aromatic N) is 1. The van der Waals surface area contributed by atoms with Crippen molar-refractivity contribution < 1.29 is 22.8 Å². The van der Waals surface area contributed by atoms with Gasteiger partial charge in [-0.05, 0) is 43.2 Å². The number of ether oxygens (including phenoxy) is 1. The largest absolute Gasteiger partial charge is 0.494 e. The van der Waals surface area contributed by atoms with E-state index in [1.165, 1.54) is 6.21 Å². The van der Waals surface area contributed by atoms with Gasteiger partial charge in [0.25, 0.3) is 5.91 Å². The Kier molecular flexibility index (Phi) is 5.97. The van der Waals surface area contributed by atoms with E-state index >= 15 is 0 Å². The van der Waals surface area contributed by atoms with Crippen LogP contribution in [0.25, 0.3) is 0 Å². The fourth-order valence-corrected chi connectivity index (χ4v) is 3.86. The predicted octanol–water partition coefficient (Wildman–Crippen LogP) is 0.739. The number of rotatable bonds is 7. The summed E-state index contributed by atoms with van der Waals surface area (Å²) in [6, 6.07) is 6.95. The third-order valence-corrected chi connectivity index (χ3v) is 5.03. The molecule has 1 atom stereocenters. The first-order chi connectivity index (χ1) is 11.0. The summed E-state index contributed by atoms with van der Waals surface area (Å²) in [7, 11) is -3.01. The highest BCUT2D eigenvalue weighted by Gasteiger charge is 2.28. The maximum absolute atomic E-state index is 11.6. The summed E-state index contributed by atoms with van der Waals surface area (Å²) in [5, 5.41) is 6.34. The molecule has 2 rings (SSSR count). The molecular formula is C15H20N2O5S.